The van der Waals surface area contributed by atoms with Gasteiger partial charge in [-0.3, -0.25) is 0 Å². The van der Waals surface area contributed by atoms with Crippen molar-refractivity contribution in [2.75, 3.05) is 0 Å². The molecule has 15 heavy (non-hydrogen) atoms. The van der Waals surface area contributed by atoms with Gasteiger partial charge in [-0.2, -0.15) is 0 Å². The van der Waals surface area contributed by atoms with E-state index >= 15 is 0 Å². The monoisotopic (exact) mass is 217 g/mol. The Hall–Kier alpha value is -1.61. The van der Waals surface area contributed by atoms with Crippen LogP contribution in [0.15, 0.2) is 41.8 Å². The van der Waals surface area contributed by atoms with Gasteiger partial charge >= 0.3 is 0 Å². The molecule has 0 aliphatic carbocycles. The second-order valence-corrected chi connectivity index (χ2v) is 4.34. The van der Waals surface area contributed by atoms with E-state index in [0.29, 0.717) is 0 Å². The van der Waals surface area contributed by atoms with E-state index in [9.17, 15) is 4.39 Å². The quantitative estimate of drug-likeness (QED) is 0.633. The molecule has 0 aliphatic rings. The molecule has 0 saturated carbocycles. The summed E-state index contributed by atoms with van der Waals surface area (Å²) in [5.74, 6) is -0.206. The topological polar surface area (TPSA) is 15.8 Å². The van der Waals surface area contributed by atoms with Crippen molar-refractivity contribution in [1.29, 1.82) is 0 Å². The molecule has 0 fully saturated rings. The van der Waals surface area contributed by atoms with Crippen LogP contribution in [-0.2, 0) is 0 Å². The SMILES string of the molecule is Fc1ccc2cc(-c3cccs3)[nH]c2c1. The fraction of sp³-hybridized carbons (Fsp3) is 0. The van der Waals surface area contributed by atoms with Gasteiger partial charge in [0, 0.05) is 10.9 Å². The Morgan fingerprint density at radius 3 is 2.87 bits per heavy atom. The molecule has 1 nitrogen and oxygen atoms in total. The van der Waals surface area contributed by atoms with Gasteiger partial charge in [0.05, 0.1) is 10.6 Å². The van der Waals surface area contributed by atoms with Crippen molar-refractivity contribution in [3.63, 3.8) is 0 Å². The van der Waals surface area contributed by atoms with E-state index in [-0.39, 0.29) is 5.82 Å². The minimum Gasteiger partial charge on any atom is -0.354 e. The summed E-state index contributed by atoms with van der Waals surface area (Å²) >= 11 is 1.67. The van der Waals surface area contributed by atoms with Crippen molar-refractivity contribution in [3.8, 4) is 10.6 Å². The predicted molar refractivity (Wildman–Crippen MR) is 61.6 cm³/mol. The van der Waals surface area contributed by atoms with Crippen LogP contribution in [0.3, 0.4) is 0 Å². The lowest BCUT2D eigenvalue weighted by Crippen LogP contribution is -1.72. The molecule has 1 N–H and O–H groups in total. The zero-order valence-electron chi connectivity index (χ0n) is 7.83. The molecule has 3 heteroatoms. The van der Waals surface area contributed by atoms with E-state index in [1.165, 1.54) is 17.0 Å². The highest BCUT2D eigenvalue weighted by atomic mass is 32.1. The molecule has 0 unspecified atom stereocenters. The van der Waals surface area contributed by atoms with E-state index < -0.39 is 0 Å². The third-order valence-electron chi connectivity index (χ3n) is 2.37. The van der Waals surface area contributed by atoms with Crippen molar-refractivity contribution in [3.05, 3.63) is 47.6 Å². The summed E-state index contributed by atoms with van der Waals surface area (Å²) < 4.78 is 13.0. The third kappa shape index (κ3) is 1.45. The molecule has 2 aromatic heterocycles. The zero-order chi connectivity index (χ0) is 10.3. The Labute approximate surface area is 90.2 Å². The first-order valence-electron chi connectivity index (χ1n) is 4.65. The second-order valence-electron chi connectivity index (χ2n) is 3.39. The highest BCUT2D eigenvalue weighted by molar-refractivity contribution is 7.13. The smallest absolute Gasteiger partial charge is 0.125 e. The van der Waals surface area contributed by atoms with Gasteiger partial charge < -0.3 is 4.98 Å². The normalized spacial score (nSPS) is 11.0. The average molecular weight is 217 g/mol. The van der Waals surface area contributed by atoms with Crippen LogP contribution in [0.5, 0.6) is 0 Å². The van der Waals surface area contributed by atoms with E-state index in [2.05, 4.69) is 4.98 Å². The number of aromatic nitrogens is 1. The van der Waals surface area contributed by atoms with Crippen LogP contribution in [-0.4, -0.2) is 4.98 Å². The van der Waals surface area contributed by atoms with Gasteiger partial charge in [-0.15, -0.1) is 11.3 Å². The largest absolute Gasteiger partial charge is 0.354 e. The molecule has 0 radical (unpaired) electrons. The number of nitrogens with one attached hydrogen (secondary N) is 1. The van der Waals surface area contributed by atoms with E-state index in [1.54, 1.807) is 17.4 Å². The van der Waals surface area contributed by atoms with Crippen molar-refractivity contribution in [2.45, 2.75) is 0 Å². The summed E-state index contributed by atoms with van der Waals surface area (Å²) in [7, 11) is 0. The minimum absolute atomic E-state index is 0.206. The number of halogens is 1. The van der Waals surface area contributed by atoms with Gasteiger partial charge in [0.2, 0.25) is 0 Å². The fourth-order valence-corrected chi connectivity index (χ4v) is 2.36. The molecule has 74 valence electrons. The lowest BCUT2D eigenvalue weighted by molar-refractivity contribution is 0.629. The van der Waals surface area contributed by atoms with Crippen LogP contribution >= 0.6 is 11.3 Å². The van der Waals surface area contributed by atoms with Crippen LogP contribution in [0.1, 0.15) is 0 Å². The second kappa shape index (κ2) is 3.21. The number of H-pyrrole nitrogens is 1. The predicted octanol–water partition coefficient (Wildman–Crippen LogP) is 4.04. The lowest BCUT2D eigenvalue weighted by Gasteiger charge is -1.89. The minimum atomic E-state index is -0.206. The molecule has 1 aromatic carbocycles. The summed E-state index contributed by atoms with van der Waals surface area (Å²) in [4.78, 5) is 4.38. The molecular weight excluding hydrogens is 209 g/mol. The average Bonchev–Trinajstić information content (AvgIpc) is 2.84. The van der Waals surface area contributed by atoms with Gasteiger partial charge in [-0.25, -0.2) is 4.39 Å². The number of thiophene rings is 1. The summed E-state index contributed by atoms with van der Waals surface area (Å²) in [5, 5.41) is 3.07. The molecule has 0 aliphatic heterocycles. The first-order valence-corrected chi connectivity index (χ1v) is 5.53. The molecule has 0 spiro atoms. The van der Waals surface area contributed by atoms with Gasteiger partial charge in [-0.05, 0) is 35.7 Å². The molecule has 0 saturated heterocycles. The molecule has 0 atom stereocenters. The van der Waals surface area contributed by atoms with Crippen LogP contribution in [0.25, 0.3) is 21.5 Å². The first-order chi connectivity index (χ1) is 7.33. The van der Waals surface area contributed by atoms with Crippen LogP contribution in [0.2, 0.25) is 0 Å². The van der Waals surface area contributed by atoms with Crippen molar-refractivity contribution in [1.82, 2.24) is 4.98 Å². The third-order valence-corrected chi connectivity index (χ3v) is 3.27. The zero-order valence-corrected chi connectivity index (χ0v) is 8.64. The standard InChI is InChI=1S/C12H8FNS/c13-9-4-3-8-6-11(14-10(8)7-9)12-2-1-5-15-12/h1-7,14H. The number of fused-ring (bicyclic) bond motifs is 1. The maximum atomic E-state index is 13.0. The molecule has 0 bridgehead atoms. The molecule has 0 amide bonds. The summed E-state index contributed by atoms with van der Waals surface area (Å²) in [5.41, 5.74) is 1.89. The van der Waals surface area contributed by atoms with Crippen LogP contribution in [0, 0.1) is 5.82 Å². The van der Waals surface area contributed by atoms with E-state index in [1.807, 2.05) is 23.6 Å². The fourth-order valence-electron chi connectivity index (χ4n) is 1.66. The van der Waals surface area contributed by atoms with Gasteiger partial charge in [0.1, 0.15) is 5.82 Å². The maximum Gasteiger partial charge on any atom is 0.125 e. The van der Waals surface area contributed by atoms with Gasteiger partial charge in [0.25, 0.3) is 0 Å². The highest BCUT2D eigenvalue weighted by Gasteiger charge is 2.04. The van der Waals surface area contributed by atoms with Crippen molar-refractivity contribution in [2.24, 2.45) is 0 Å². The van der Waals surface area contributed by atoms with Crippen LogP contribution < -0.4 is 0 Å². The number of hydrogen-bond acceptors (Lipinski definition) is 1. The van der Waals surface area contributed by atoms with E-state index in [0.717, 1.165) is 16.6 Å². The van der Waals surface area contributed by atoms with Crippen molar-refractivity contribution >= 4 is 22.2 Å². The lowest BCUT2D eigenvalue weighted by atomic mass is 10.2. The maximum absolute atomic E-state index is 13.0. The molecule has 2 heterocycles. The highest BCUT2D eigenvalue weighted by Crippen LogP contribution is 2.27. The Morgan fingerprint density at radius 2 is 2.07 bits per heavy atom. The van der Waals surface area contributed by atoms with Crippen LogP contribution in [0.4, 0.5) is 4.39 Å². The van der Waals surface area contributed by atoms with Gasteiger partial charge in [0.15, 0.2) is 0 Å². The Bertz CT molecular complexity index is 595. The number of aromatic amines is 1. The summed E-state index contributed by atoms with van der Waals surface area (Å²) in [6.45, 7) is 0. The van der Waals surface area contributed by atoms with E-state index in [4.69, 9.17) is 0 Å². The summed E-state index contributed by atoms with van der Waals surface area (Å²) in [6, 6.07) is 10.9. The molecule has 3 aromatic rings. The number of hydrogen-bond donors (Lipinski definition) is 1. The molecule has 3 rings (SSSR count). The Balaban J connectivity index is 2.22. The number of rotatable bonds is 1. The Morgan fingerprint density at radius 1 is 1.13 bits per heavy atom. The Kier molecular flexibility index (Phi) is 1.86. The molecular formula is C12H8FNS. The van der Waals surface area contributed by atoms with Gasteiger partial charge in [-0.1, -0.05) is 6.07 Å². The summed E-state index contributed by atoms with van der Waals surface area (Å²) in [6.07, 6.45) is 0. The first kappa shape index (κ1) is 8.68. The number of benzene rings is 1. The van der Waals surface area contributed by atoms with Crippen molar-refractivity contribution < 1.29 is 4.39 Å².